The Hall–Kier alpha value is -1.46. The van der Waals surface area contributed by atoms with Crippen LogP contribution in [0, 0.1) is 5.41 Å². The van der Waals surface area contributed by atoms with E-state index in [4.69, 9.17) is 4.74 Å². The first kappa shape index (κ1) is 16.9. The summed E-state index contributed by atoms with van der Waals surface area (Å²) in [5, 5.41) is 3.18. The number of hydrogen-bond acceptors (Lipinski definition) is 4. The molecule has 1 fully saturated rings. The molecule has 5 heteroatoms. The van der Waals surface area contributed by atoms with Gasteiger partial charge in [-0.15, -0.1) is 0 Å². The molecule has 1 aliphatic heterocycles. The summed E-state index contributed by atoms with van der Waals surface area (Å²) in [7, 11) is 0. The van der Waals surface area contributed by atoms with Gasteiger partial charge in [0, 0.05) is 25.5 Å². The van der Waals surface area contributed by atoms with Crippen molar-refractivity contribution >= 4 is 5.91 Å². The predicted molar refractivity (Wildman–Crippen MR) is 86.5 cm³/mol. The van der Waals surface area contributed by atoms with Gasteiger partial charge in [-0.05, 0) is 23.5 Å². The quantitative estimate of drug-likeness (QED) is 0.904. The van der Waals surface area contributed by atoms with Gasteiger partial charge in [0.2, 0.25) is 5.91 Å². The summed E-state index contributed by atoms with van der Waals surface area (Å²) in [5.74, 6) is 0.0694. The SMILES string of the molecule is CC(C)(C)C[C@@H](NC(=O)CN1CCOCC1)c1cccnc1. The zero-order chi connectivity index (χ0) is 16.0. The number of pyridine rings is 1. The summed E-state index contributed by atoms with van der Waals surface area (Å²) < 4.78 is 5.32. The highest BCUT2D eigenvalue weighted by Crippen LogP contribution is 2.29. The van der Waals surface area contributed by atoms with Crippen molar-refractivity contribution in [2.45, 2.75) is 33.2 Å². The molecule has 22 heavy (non-hydrogen) atoms. The molecule has 0 aromatic carbocycles. The van der Waals surface area contributed by atoms with Crippen LogP contribution in [0.5, 0.6) is 0 Å². The Morgan fingerprint density at radius 2 is 2.14 bits per heavy atom. The minimum atomic E-state index is 0.00207. The van der Waals surface area contributed by atoms with E-state index >= 15 is 0 Å². The van der Waals surface area contributed by atoms with E-state index in [1.54, 1.807) is 6.20 Å². The molecule has 1 aliphatic rings. The number of hydrogen-bond donors (Lipinski definition) is 1. The lowest BCUT2D eigenvalue weighted by Gasteiger charge is -2.29. The number of carbonyl (C=O) groups excluding carboxylic acids is 1. The molecule has 2 rings (SSSR count). The van der Waals surface area contributed by atoms with Gasteiger partial charge in [-0.3, -0.25) is 14.7 Å². The average molecular weight is 305 g/mol. The Kier molecular flexibility index (Phi) is 5.91. The smallest absolute Gasteiger partial charge is 0.234 e. The monoisotopic (exact) mass is 305 g/mol. The molecule has 0 bridgehead atoms. The number of nitrogens with one attached hydrogen (secondary N) is 1. The van der Waals surface area contributed by atoms with Crippen LogP contribution in [0.25, 0.3) is 0 Å². The maximum Gasteiger partial charge on any atom is 0.234 e. The average Bonchev–Trinajstić information content (AvgIpc) is 2.47. The van der Waals surface area contributed by atoms with E-state index in [0.29, 0.717) is 19.8 Å². The maximum absolute atomic E-state index is 12.4. The van der Waals surface area contributed by atoms with Gasteiger partial charge in [-0.2, -0.15) is 0 Å². The summed E-state index contributed by atoms with van der Waals surface area (Å²) in [4.78, 5) is 18.7. The van der Waals surface area contributed by atoms with Crippen molar-refractivity contribution in [2.24, 2.45) is 5.41 Å². The highest BCUT2D eigenvalue weighted by Gasteiger charge is 2.23. The molecule has 0 spiro atoms. The van der Waals surface area contributed by atoms with Gasteiger partial charge in [0.25, 0.3) is 0 Å². The first-order valence-corrected chi connectivity index (χ1v) is 7.93. The van der Waals surface area contributed by atoms with E-state index < -0.39 is 0 Å². The van der Waals surface area contributed by atoms with Gasteiger partial charge >= 0.3 is 0 Å². The molecule has 1 aromatic rings. The van der Waals surface area contributed by atoms with E-state index in [1.807, 2.05) is 18.3 Å². The molecule has 2 heterocycles. The third-order valence-corrected chi connectivity index (χ3v) is 3.71. The minimum Gasteiger partial charge on any atom is -0.379 e. The topological polar surface area (TPSA) is 54.5 Å². The molecule has 0 saturated carbocycles. The van der Waals surface area contributed by atoms with Crippen molar-refractivity contribution in [1.82, 2.24) is 15.2 Å². The van der Waals surface area contributed by atoms with Crippen LogP contribution in [-0.2, 0) is 9.53 Å². The number of aromatic nitrogens is 1. The molecule has 0 radical (unpaired) electrons. The van der Waals surface area contributed by atoms with Crippen molar-refractivity contribution in [3.8, 4) is 0 Å². The standard InChI is InChI=1S/C17H27N3O2/c1-17(2,3)11-15(14-5-4-6-18-12-14)19-16(21)13-20-7-9-22-10-8-20/h4-6,12,15H,7-11,13H2,1-3H3,(H,19,21)/t15-/m1/s1. The van der Waals surface area contributed by atoms with E-state index in [0.717, 1.165) is 25.1 Å². The lowest BCUT2D eigenvalue weighted by molar-refractivity contribution is -0.124. The van der Waals surface area contributed by atoms with Crippen molar-refractivity contribution in [2.75, 3.05) is 32.8 Å². The van der Waals surface area contributed by atoms with Gasteiger partial charge in [-0.1, -0.05) is 26.8 Å². The number of amides is 1. The second kappa shape index (κ2) is 7.70. The molecule has 0 unspecified atom stereocenters. The predicted octanol–water partition coefficient (Wildman–Crippen LogP) is 2.01. The Morgan fingerprint density at radius 1 is 1.41 bits per heavy atom. The third kappa shape index (κ3) is 5.73. The van der Waals surface area contributed by atoms with E-state index in [2.05, 4.69) is 36.0 Å². The lowest BCUT2D eigenvalue weighted by atomic mass is 9.86. The van der Waals surface area contributed by atoms with Crippen LogP contribution in [0.2, 0.25) is 0 Å². The van der Waals surface area contributed by atoms with Gasteiger partial charge < -0.3 is 10.1 Å². The van der Waals surface area contributed by atoms with Crippen molar-refractivity contribution in [3.63, 3.8) is 0 Å². The van der Waals surface area contributed by atoms with Gasteiger partial charge in [0.1, 0.15) is 0 Å². The Balaban J connectivity index is 1.97. The first-order chi connectivity index (χ1) is 10.4. The number of rotatable bonds is 5. The minimum absolute atomic E-state index is 0.00207. The van der Waals surface area contributed by atoms with Gasteiger partial charge in [0.05, 0.1) is 25.8 Å². The second-order valence-corrected chi connectivity index (χ2v) is 7.06. The van der Waals surface area contributed by atoms with E-state index in [1.165, 1.54) is 0 Å². The molecule has 1 atom stereocenters. The van der Waals surface area contributed by atoms with E-state index in [-0.39, 0.29) is 17.4 Å². The third-order valence-electron chi connectivity index (χ3n) is 3.71. The zero-order valence-electron chi connectivity index (χ0n) is 13.8. The number of morpholine rings is 1. The summed E-state index contributed by atoms with van der Waals surface area (Å²) in [6.07, 6.45) is 4.48. The normalized spacial score (nSPS) is 18.0. The molecule has 1 saturated heterocycles. The molecule has 1 N–H and O–H groups in total. The van der Waals surface area contributed by atoms with Crippen LogP contribution < -0.4 is 5.32 Å². The molecule has 1 amide bonds. The fourth-order valence-corrected chi connectivity index (χ4v) is 2.65. The number of carbonyl (C=O) groups is 1. The first-order valence-electron chi connectivity index (χ1n) is 7.93. The fraction of sp³-hybridized carbons (Fsp3) is 0.647. The van der Waals surface area contributed by atoms with Crippen LogP contribution in [-0.4, -0.2) is 48.6 Å². The zero-order valence-corrected chi connectivity index (χ0v) is 13.8. The van der Waals surface area contributed by atoms with Crippen molar-refractivity contribution < 1.29 is 9.53 Å². The number of ether oxygens (including phenoxy) is 1. The van der Waals surface area contributed by atoms with Crippen molar-refractivity contribution in [3.05, 3.63) is 30.1 Å². The molecule has 5 nitrogen and oxygen atoms in total. The molecule has 1 aromatic heterocycles. The summed E-state index contributed by atoms with van der Waals surface area (Å²) in [6, 6.07) is 3.94. The van der Waals surface area contributed by atoms with Gasteiger partial charge in [-0.25, -0.2) is 0 Å². The molecule has 122 valence electrons. The second-order valence-electron chi connectivity index (χ2n) is 7.06. The number of nitrogens with zero attached hydrogens (tertiary/aromatic N) is 2. The Morgan fingerprint density at radius 3 is 2.73 bits per heavy atom. The van der Waals surface area contributed by atoms with Crippen molar-refractivity contribution in [1.29, 1.82) is 0 Å². The largest absolute Gasteiger partial charge is 0.379 e. The van der Waals surface area contributed by atoms with E-state index in [9.17, 15) is 4.79 Å². The van der Waals surface area contributed by atoms with Crippen LogP contribution >= 0.6 is 0 Å². The lowest BCUT2D eigenvalue weighted by Crippen LogP contribution is -2.44. The van der Waals surface area contributed by atoms with Crippen LogP contribution in [0.1, 0.15) is 38.8 Å². The van der Waals surface area contributed by atoms with Gasteiger partial charge in [0.15, 0.2) is 0 Å². The highest BCUT2D eigenvalue weighted by molar-refractivity contribution is 5.78. The molecular formula is C17H27N3O2. The summed E-state index contributed by atoms with van der Waals surface area (Å²) >= 11 is 0. The summed E-state index contributed by atoms with van der Waals surface area (Å²) in [6.45, 7) is 10.1. The fourth-order valence-electron chi connectivity index (χ4n) is 2.65. The summed E-state index contributed by atoms with van der Waals surface area (Å²) in [5.41, 5.74) is 1.19. The molecule has 0 aliphatic carbocycles. The Bertz CT molecular complexity index is 465. The highest BCUT2D eigenvalue weighted by atomic mass is 16.5. The van der Waals surface area contributed by atoms with Crippen LogP contribution in [0.3, 0.4) is 0 Å². The van der Waals surface area contributed by atoms with Crippen LogP contribution in [0.4, 0.5) is 0 Å². The molecular weight excluding hydrogens is 278 g/mol. The van der Waals surface area contributed by atoms with Crippen LogP contribution in [0.15, 0.2) is 24.5 Å². The Labute approximate surface area is 133 Å². The maximum atomic E-state index is 12.4.